The van der Waals surface area contributed by atoms with Crippen LogP contribution in [0.3, 0.4) is 0 Å². The summed E-state index contributed by atoms with van der Waals surface area (Å²) in [7, 11) is 2.91. The average Bonchev–Trinajstić information content (AvgIpc) is 3.55. The normalized spacial score (nSPS) is 16.9. The number of carbonyl (C=O) groups is 1. The summed E-state index contributed by atoms with van der Waals surface area (Å²) in [5, 5.41) is 0.517. The number of hydrogen-bond donors (Lipinski definition) is 0. The largest absolute Gasteiger partial charge is 0.586 e. The molecule has 0 aliphatic carbocycles. The van der Waals surface area contributed by atoms with Gasteiger partial charge in [-0.25, -0.2) is 9.97 Å². The van der Waals surface area contributed by atoms with Crippen molar-refractivity contribution in [2.75, 3.05) is 19.1 Å². The fourth-order valence-corrected chi connectivity index (χ4v) is 5.12. The highest BCUT2D eigenvalue weighted by atomic mass is 35.5. The predicted octanol–water partition coefficient (Wildman–Crippen LogP) is 5.66. The van der Waals surface area contributed by atoms with Gasteiger partial charge in [-0.1, -0.05) is 23.7 Å². The molecule has 2 aliphatic rings. The highest BCUT2D eigenvalue weighted by Crippen LogP contribution is 2.49. The molecule has 2 aromatic heterocycles. The van der Waals surface area contributed by atoms with E-state index in [0.717, 1.165) is 5.56 Å². The topological polar surface area (TPSA) is 101 Å². The second-order valence-corrected chi connectivity index (χ2v) is 9.78. The first-order valence-corrected chi connectivity index (χ1v) is 12.6. The molecule has 2 aromatic carbocycles. The number of methoxy groups -OCH3 is 2. The van der Waals surface area contributed by atoms with Gasteiger partial charge in [0.25, 0.3) is 5.91 Å². The maximum Gasteiger partial charge on any atom is 0.586 e. The summed E-state index contributed by atoms with van der Waals surface area (Å²) >= 11 is 6.18. The van der Waals surface area contributed by atoms with Crippen molar-refractivity contribution >= 4 is 23.2 Å². The zero-order valence-electron chi connectivity index (χ0n) is 21.7. The van der Waals surface area contributed by atoms with Crippen LogP contribution >= 0.6 is 11.6 Å². The lowest BCUT2D eigenvalue weighted by Gasteiger charge is -2.28. The van der Waals surface area contributed by atoms with E-state index in [-0.39, 0.29) is 35.1 Å². The molecule has 0 radical (unpaired) electrons. The van der Waals surface area contributed by atoms with E-state index in [0.29, 0.717) is 27.8 Å². The molecule has 2 aliphatic heterocycles. The van der Waals surface area contributed by atoms with Crippen LogP contribution in [0.25, 0.3) is 11.4 Å². The summed E-state index contributed by atoms with van der Waals surface area (Å²) in [6.45, 7) is 3.91. The predicted molar refractivity (Wildman–Crippen MR) is 139 cm³/mol. The van der Waals surface area contributed by atoms with Crippen molar-refractivity contribution < 1.29 is 32.5 Å². The number of imidazole rings is 1. The van der Waals surface area contributed by atoms with Gasteiger partial charge in [0.2, 0.25) is 5.88 Å². The number of carbonyl (C=O) groups excluding carboxylic acids is 1. The van der Waals surface area contributed by atoms with Crippen LogP contribution in [0.2, 0.25) is 5.02 Å². The second kappa shape index (κ2) is 9.33. The van der Waals surface area contributed by atoms with Crippen molar-refractivity contribution in [2.24, 2.45) is 0 Å². The summed E-state index contributed by atoms with van der Waals surface area (Å²) in [5.74, 6) is -0.0882. The summed E-state index contributed by atoms with van der Waals surface area (Å²) in [5.41, 5.74) is 2.30. The van der Waals surface area contributed by atoms with Crippen LogP contribution in [0.5, 0.6) is 23.4 Å². The molecule has 0 fully saturated rings. The molecule has 40 heavy (non-hydrogen) atoms. The minimum absolute atomic E-state index is 0.116. The Morgan fingerprint density at radius 2 is 1.75 bits per heavy atom. The minimum atomic E-state index is -3.79. The molecule has 10 nitrogen and oxygen atoms in total. The van der Waals surface area contributed by atoms with Gasteiger partial charge in [-0.2, -0.15) is 4.98 Å². The quantitative estimate of drug-likeness (QED) is 0.293. The zero-order valence-corrected chi connectivity index (χ0v) is 22.4. The van der Waals surface area contributed by atoms with Crippen molar-refractivity contribution in [2.45, 2.75) is 32.2 Å². The summed E-state index contributed by atoms with van der Waals surface area (Å²) in [6, 6.07) is 10.5. The molecule has 1 unspecified atom stereocenters. The highest BCUT2D eigenvalue weighted by molar-refractivity contribution is 6.30. The summed E-state index contributed by atoms with van der Waals surface area (Å²) < 4.78 is 49.2. The summed E-state index contributed by atoms with van der Waals surface area (Å²) in [4.78, 5) is 28.8. The number of benzene rings is 2. The van der Waals surface area contributed by atoms with Crippen molar-refractivity contribution in [1.82, 2.24) is 19.5 Å². The first-order chi connectivity index (χ1) is 19.1. The van der Waals surface area contributed by atoms with E-state index in [2.05, 4.69) is 19.4 Å². The van der Waals surface area contributed by atoms with E-state index in [1.807, 2.05) is 18.4 Å². The van der Waals surface area contributed by atoms with Crippen molar-refractivity contribution in [3.05, 3.63) is 70.6 Å². The molecule has 0 saturated heterocycles. The number of hydrogen-bond acceptors (Lipinski definition) is 8. The lowest BCUT2D eigenvalue weighted by Crippen LogP contribution is -2.30. The van der Waals surface area contributed by atoms with Crippen LogP contribution in [0, 0.1) is 0 Å². The Bertz CT molecular complexity index is 1640. The van der Waals surface area contributed by atoms with Gasteiger partial charge in [0.05, 0.1) is 25.5 Å². The number of halogens is 3. The van der Waals surface area contributed by atoms with Gasteiger partial charge in [0.15, 0.2) is 17.2 Å². The van der Waals surface area contributed by atoms with Crippen molar-refractivity contribution in [1.29, 1.82) is 0 Å². The van der Waals surface area contributed by atoms with E-state index < -0.39 is 18.2 Å². The summed E-state index contributed by atoms with van der Waals surface area (Å²) in [6.07, 6.45) is -2.27. The smallest absolute Gasteiger partial charge is 0.480 e. The van der Waals surface area contributed by atoms with E-state index in [1.165, 1.54) is 43.5 Å². The van der Waals surface area contributed by atoms with E-state index >= 15 is 0 Å². The van der Waals surface area contributed by atoms with Gasteiger partial charge in [-0.3, -0.25) is 9.69 Å². The van der Waals surface area contributed by atoms with Gasteiger partial charge >= 0.3 is 12.3 Å². The van der Waals surface area contributed by atoms with E-state index in [4.69, 9.17) is 26.1 Å². The Balaban J connectivity index is 1.56. The Morgan fingerprint density at radius 1 is 1.02 bits per heavy atom. The molecular weight excluding hydrogens is 548 g/mol. The monoisotopic (exact) mass is 569 g/mol. The fraction of sp³-hybridized carbons (Fsp3) is 0.259. The van der Waals surface area contributed by atoms with Gasteiger partial charge in [0.1, 0.15) is 11.9 Å². The molecule has 6 rings (SSSR count). The average molecular weight is 570 g/mol. The van der Waals surface area contributed by atoms with Crippen LogP contribution in [0.15, 0.2) is 48.7 Å². The minimum Gasteiger partial charge on any atom is -0.480 e. The van der Waals surface area contributed by atoms with Crippen molar-refractivity contribution in [3.8, 4) is 34.8 Å². The number of ether oxygens (including phenoxy) is 4. The Labute approximate surface area is 232 Å². The SMILES string of the molecule is COc1ncc(-c2nc3c(n2C(C)C)C(c2ccc(Cl)cc2)N(c2ccc4c(c2)OC(F)(F)O4)C3=O)c(OC)n1. The molecule has 0 bridgehead atoms. The van der Waals surface area contributed by atoms with Crippen LogP contribution in [-0.2, 0) is 0 Å². The van der Waals surface area contributed by atoms with Gasteiger partial charge < -0.3 is 23.5 Å². The second-order valence-electron chi connectivity index (χ2n) is 9.34. The molecule has 4 aromatic rings. The number of amides is 1. The van der Waals surface area contributed by atoms with Gasteiger partial charge in [0, 0.05) is 29.0 Å². The van der Waals surface area contributed by atoms with Crippen LogP contribution in [0.1, 0.15) is 47.7 Å². The molecule has 1 atom stereocenters. The molecule has 1 amide bonds. The first-order valence-electron chi connectivity index (χ1n) is 12.2. The number of aromatic nitrogens is 4. The number of fused-ring (bicyclic) bond motifs is 2. The number of nitrogens with zero attached hydrogens (tertiary/aromatic N) is 5. The third kappa shape index (κ3) is 4.06. The molecular formula is C27H22ClF2N5O5. The Hall–Kier alpha value is -4.45. The Kier molecular flexibility index (Phi) is 6.02. The lowest BCUT2D eigenvalue weighted by molar-refractivity contribution is -0.286. The third-order valence-corrected chi connectivity index (χ3v) is 6.85. The molecule has 206 valence electrons. The third-order valence-electron chi connectivity index (χ3n) is 6.60. The maximum atomic E-state index is 14.1. The van der Waals surface area contributed by atoms with Gasteiger partial charge in [-0.05, 0) is 43.7 Å². The molecule has 4 heterocycles. The molecule has 0 N–H and O–H groups in total. The maximum absolute atomic E-state index is 14.1. The van der Waals surface area contributed by atoms with Crippen LogP contribution in [0.4, 0.5) is 14.5 Å². The Morgan fingerprint density at radius 3 is 2.42 bits per heavy atom. The molecule has 13 heteroatoms. The fourth-order valence-electron chi connectivity index (χ4n) is 4.99. The van der Waals surface area contributed by atoms with E-state index in [1.54, 1.807) is 24.3 Å². The van der Waals surface area contributed by atoms with Crippen LogP contribution < -0.4 is 23.8 Å². The zero-order chi connectivity index (χ0) is 28.3. The van der Waals surface area contributed by atoms with Gasteiger partial charge in [-0.15, -0.1) is 8.78 Å². The first kappa shape index (κ1) is 25.8. The van der Waals surface area contributed by atoms with E-state index in [9.17, 15) is 13.6 Å². The van der Waals surface area contributed by atoms with Crippen LogP contribution in [-0.4, -0.2) is 45.9 Å². The lowest BCUT2D eigenvalue weighted by atomic mass is 10.0. The number of rotatable bonds is 6. The number of alkyl halides is 2. The highest BCUT2D eigenvalue weighted by Gasteiger charge is 2.47. The number of anilines is 1. The molecule has 0 spiro atoms. The van der Waals surface area contributed by atoms with Crippen molar-refractivity contribution in [3.63, 3.8) is 0 Å². The molecule has 0 saturated carbocycles. The standard InChI is InChI=1S/C27H22ClF2N5O5/c1-13(2)34-22-20(32-23(34)17-12-31-26(38-4)33-24(17)37-3)25(36)35(21(22)14-5-7-15(28)8-6-14)16-9-10-18-19(11-16)40-27(29,30)39-18/h5-13,21H,1-4H3.